The monoisotopic (exact) mass is 472 g/mol. The van der Waals surface area contributed by atoms with Gasteiger partial charge in [-0.25, -0.2) is 4.79 Å². The number of halogens is 1. The Morgan fingerprint density at radius 2 is 1.78 bits per heavy atom. The molecule has 0 saturated carbocycles. The lowest BCUT2D eigenvalue weighted by Gasteiger charge is -2.05. The molecule has 1 heterocycles. The molecule has 1 amide bonds. The van der Waals surface area contributed by atoms with Crippen molar-refractivity contribution >= 4 is 51.4 Å². The second-order valence-corrected chi connectivity index (χ2v) is 7.84. The zero-order valence-electron chi connectivity index (χ0n) is 17.0. The molecule has 0 aliphatic carbocycles. The minimum absolute atomic E-state index is 0.125. The molecule has 0 fully saturated rings. The van der Waals surface area contributed by atoms with E-state index in [0.717, 1.165) is 17.1 Å². The third-order valence-corrected chi connectivity index (χ3v) is 5.79. The highest BCUT2D eigenvalue weighted by molar-refractivity contribution is 7.11. The lowest BCUT2D eigenvalue weighted by atomic mass is 10.1. The molecule has 11 heteroatoms. The Balaban J connectivity index is 1.57. The van der Waals surface area contributed by atoms with E-state index in [1.807, 2.05) is 0 Å². The molecule has 9 nitrogen and oxygen atoms in total. The van der Waals surface area contributed by atoms with Crippen molar-refractivity contribution in [3.8, 4) is 0 Å². The van der Waals surface area contributed by atoms with Gasteiger partial charge in [0, 0.05) is 12.1 Å². The summed E-state index contributed by atoms with van der Waals surface area (Å²) in [5.41, 5.74) is 2.61. The van der Waals surface area contributed by atoms with Crippen LogP contribution >= 0.6 is 23.1 Å². The average molecular weight is 473 g/mol. The van der Waals surface area contributed by atoms with Crippen LogP contribution in [0.1, 0.15) is 34.1 Å². The third-order valence-electron chi connectivity index (χ3n) is 4.36. The number of rotatable bonds is 7. The number of aromatic nitrogens is 1. The van der Waals surface area contributed by atoms with E-state index in [0.29, 0.717) is 27.0 Å². The molecule has 32 heavy (non-hydrogen) atoms. The van der Waals surface area contributed by atoms with Crippen molar-refractivity contribution in [3.63, 3.8) is 0 Å². The van der Waals surface area contributed by atoms with Crippen molar-refractivity contribution in [1.29, 1.82) is 0 Å². The van der Waals surface area contributed by atoms with E-state index in [2.05, 4.69) is 14.8 Å². The van der Waals surface area contributed by atoms with Gasteiger partial charge in [-0.15, -0.1) is 0 Å². The molecule has 2 aromatic carbocycles. The number of carbonyl (C=O) groups excluding carboxylic acids is 2. The van der Waals surface area contributed by atoms with Gasteiger partial charge in [-0.05, 0) is 48.6 Å². The molecule has 0 saturated heterocycles. The van der Waals surface area contributed by atoms with Gasteiger partial charge in [0.1, 0.15) is 5.00 Å². The van der Waals surface area contributed by atoms with Crippen LogP contribution in [0.4, 0.5) is 10.7 Å². The summed E-state index contributed by atoms with van der Waals surface area (Å²) in [5, 5.41) is 18.2. The topological polar surface area (TPSA) is 124 Å². The summed E-state index contributed by atoms with van der Waals surface area (Å²) in [6.45, 7) is 3.43. The van der Waals surface area contributed by atoms with E-state index in [1.165, 1.54) is 24.3 Å². The van der Waals surface area contributed by atoms with Crippen LogP contribution in [0.2, 0.25) is 5.02 Å². The number of nitrogens with one attached hydrogen (secondary N) is 1. The molecule has 0 bridgehead atoms. The summed E-state index contributed by atoms with van der Waals surface area (Å²) in [5.74, 6) is -0.949. The summed E-state index contributed by atoms with van der Waals surface area (Å²) < 4.78 is 4.09. The highest BCUT2D eigenvalue weighted by atomic mass is 35.5. The van der Waals surface area contributed by atoms with E-state index in [1.54, 1.807) is 38.1 Å². The number of benzene rings is 2. The Kier molecular flexibility index (Phi) is 7.29. The first-order valence-corrected chi connectivity index (χ1v) is 10.4. The maximum absolute atomic E-state index is 12.2. The maximum Gasteiger partial charge on any atom is 0.365 e. The number of carbonyl (C=O) groups is 2. The van der Waals surface area contributed by atoms with E-state index in [4.69, 9.17) is 16.4 Å². The first-order valence-electron chi connectivity index (χ1n) is 9.26. The van der Waals surface area contributed by atoms with Gasteiger partial charge in [-0.3, -0.25) is 14.9 Å². The molecule has 0 radical (unpaired) electrons. The maximum atomic E-state index is 12.2. The Labute approximate surface area is 192 Å². The molecule has 0 spiro atoms. The first kappa shape index (κ1) is 23.0. The van der Waals surface area contributed by atoms with Gasteiger partial charge in [0.25, 0.3) is 5.69 Å². The Bertz CT molecular complexity index is 1190. The van der Waals surface area contributed by atoms with E-state index in [-0.39, 0.29) is 23.6 Å². The van der Waals surface area contributed by atoms with Gasteiger partial charge in [0.15, 0.2) is 0 Å². The van der Waals surface area contributed by atoms with Gasteiger partial charge < -0.3 is 10.2 Å². The molecule has 1 aromatic heterocycles. The van der Waals surface area contributed by atoms with Crippen LogP contribution in [0.25, 0.3) is 0 Å². The molecule has 0 aliphatic heterocycles. The van der Waals surface area contributed by atoms with Crippen LogP contribution in [-0.4, -0.2) is 26.9 Å². The number of hydrogen-bond donors (Lipinski definition) is 1. The van der Waals surface area contributed by atoms with Crippen LogP contribution in [0.3, 0.4) is 0 Å². The van der Waals surface area contributed by atoms with E-state index in [9.17, 15) is 19.7 Å². The highest BCUT2D eigenvalue weighted by Gasteiger charge is 2.13. The highest BCUT2D eigenvalue weighted by Crippen LogP contribution is 2.29. The summed E-state index contributed by atoms with van der Waals surface area (Å²) >= 11 is 7.21. The predicted molar refractivity (Wildman–Crippen MR) is 121 cm³/mol. The molecule has 0 atom stereocenters. The zero-order valence-corrected chi connectivity index (χ0v) is 18.6. The largest absolute Gasteiger partial charge is 0.365 e. The Morgan fingerprint density at radius 1 is 1.16 bits per heavy atom. The zero-order chi connectivity index (χ0) is 23.3. The number of aryl methyl sites for hydroxylation is 1. The number of hydrogen-bond acceptors (Lipinski definition) is 8. The second-order valence-electron chi connectivity index (χ2n) is 6.69. The first-order chi connectivity index (χ1) is 15.2. The van der Waals surface area contributed by atoms with Crippen molar-refractivity contribution in [2.75, 3.05) is 5.32 Å². The van der Waals surface area contributed by atoms with E-state index < -0.39 is 10.9 Å². The lowest BCUT2D eigenvalue weighted by molar-refractivity contribution is -0.384. The molecular formula is C21H17ClN4O5S. The van der Waals surface area contributed by atoms with Crippen LogP contribution in [-0.2, 0) is 16.1 Å². The number of nitro groups is 1. The quantitative estimate of drug-likeness (QED) is 0.228. The van der Waals surface area contributed by atoms with Crippen molar-refractivity contribution in [2.24, 2.45) is 5.16 Å². The predicted octanol–water partition coefficient (Wildman–Crippen LogP) is 4.78. The molecule has 3 rings (SSSR count). The molecular weight excluding hydrogens is 456 g/mol. The third kappa shape index (κ3) is 5.74. The fraction of sp³-hybridized carbons (Fsp3) is 0.143. The minimum atomic E-state index is -0.732. The molecule has 164 valence electrons. The van der Waals surface area contributed by atoms with Crippen molar-refractivity contribution in [1.82, 2.24) is 4.37 Å². The summed E-state index contributed by atoms with van der Waals surface area (Å²) in [7, 11) is 0. The molecule has 0 unspecified atom stereocenters. The number of non-ortho nitro benzene ring substituents is 1. The number of nitro benzene ring substituents is 1. The number of amides is 1. The number of anilines is 1. The van der Waals surface area contributed by atoms with Crippen LogP contribution in [0.5, 0.6) is 0 Å². The van der Waals surface area contributed by atoms with Crippen LogP contribution in [0.15, 0.2) is 53.7 Å². The Morgan fingerprint density at radius 3 is 2.34 bits per heavy atom. The average Bonchev–Trinajstić information content (AvgIpc) is 3.09. The van der Waals surface area contributed by atoms with Gasteiger partial charge in [-0.2, -0.15) is 4.37 Å². The summed E-state index contributed by atoms with van der Waals surface area (Å²) in [4.78, 5) is 39.3. The number of nitrogens with zero attached hydrogens (tertiary/aromatic N) is 3. The fourth-order valence-electron chi connectivity index (χ4n) is 2.59. The van der Waals surface area contributed by atoms with Crippen molar-refractivity contribution < 1.29 is 19.3 Å². The van der Waals surface area contributed by atoms with Gasteiger partial charge in [-0.1, -0.05) is 41.0 Å². The molecule has 1 N–H and O–H groups in total. The fourth-order valence-corrected chi connectivity index (χ4v) is 3.54. The van der Waals surface area contributed by atoms with Crippen LogP contribution in [0, 0.1) is 17.0 Å². The Hall–Kier alpha value is -3.63. The van der Waals surface area contributed by atoms with E-state index >= 15 is 0 Å². The molecule has 0 aliphatic rings. The lowest BCUT2D eigenvalue weighted by Crippen LogP contribution is -2.13. The summed E-state index contributed by atoms with van der Waals surface area (Å²) in [6, 6.07) is 12.1. The standard InChI is InChI=1S/C21H17ClN4O5S/c1-12(24-31-21(28)16-7-9-17(10-8-16)26(29)30)15-5-3-14(4-6-15)11-18(27)23-20-19(22)13(2)25-32-20/h3-10H,11H2,1-2H3,(H,23,27)/b24-12+. The van der Waals surface area contributed by atoms with Crippen molar-refractivity contribution in [3.05, 3.63) is 86.1 Å². The summed E-state index contributed by atoms with van der Waals surface area (Å²) in [6.07, 6.45) is 0.152. The van der Waals surface area contributed by atoms with Crippen LogP contribution < -0.4 is 5.32 Å². The number of oxime groups is 1. The van der Waals surface area contributed by atoms with Gasteiger partial charge in [0.05, 0.1) is 33.3 Å². The normalized spacial score (nSPS) is 11.2. The van der Waals surface area contributed by atoms with Gasteiger partial charge >= 0.3 is 5.97 Å². The molecule has 3 aromatic rings. The second kappa shape index (κ2) is 10.1. The SMILES string of the molecule is C/C(=N\OC(=O)c1ccc([N+](=O)[O-])cc1)c1ccc(CC(=O)Nc2snc(C)c2Cl)cc1. The minimum Gasteiger partial charge on any atom is -0.315 e. The smallest absolute Gasteiger partial charge is 0.315 e. The van der Waals surface area contributed by atoms with Gasteiger partial charge in [0.2, 0.25) is 5.91 Å². The van der Waals surface area contributed by atoms with Crippen molar-refractivity contribution in [2.45, 2.75) is 20.3 Å².